The van der Waals surface area contributed by atoms with Gasteiger partial charge in [0, 0.05) is 18.7 Å². The molecule has 1 N–H and O–H groups in total. The molecule has 166 valence electrons. The summed E-state index contributed by atoms with van der Waals surface area (Å²) in [5.41, 5.74) is 4.41. The Morgan fingerprint density at radius 1 is 0.818 bits per heavy atom. The molecule has 0 bridgehead atoms. The van der Waals surface area contributed by atoms with E-state index in [2.05, 4.69) is 106 Å². The van der Waals surface area contributed by atoms with Crippen molar-refractivity contribution in [3.63, 3.8) is 0 Å². The van der Waals surface area contributed by atoms with Gasteiger partial charge in [-0.2, -0.15) is 5.10 Å². The summed E-state index contributed by atoms with van der Waals surface area (Å²) >= 11 is 0. The van der Waals surface area contributed by atoms with Gasteiger partial charge in [0.25, 0.3) is 0 Å². The molecule has 2 heterocycles. The minimum Gasteiger partial charge on any atom is -0.359 e. The lowest BCUT2D eigenvalue weighted by Crippen LogP contribution is -2.48. The molecule has 5 nitrogen and oxygen atoms in total. The largest absolute Gasteiger partial charge is 0.359 e. The number of benzene rings is 3. The fourth-order valence-electron chi connectivity index (χ4n) is 5.14. The van der Waals surface area contributed by atoms with Crippen LogP contribution in [0.5, 0.6) is 0 Å². The number of nitrogens with zero attached hydrogens (tertiary/aromatic N) is 3. The first kappa shape index (κ1) is 21.0. The van der Waals surface area contributed by atoms with Crippen molar-refractivity contribution < 1.29 is 4.79 Å². The quantitative estimate of drug-likeness (QED) is 0.241. The van der Waals surface area contributed by atoms with E-state index in [0.717, 1.165) is 38.2 Å². The maximum Gasteiger partial charge on any atom is 0.207 e. The lowest BCUT2D eigenvalue weighted by atomic mass is 9.75. The number of aromatic nitrogens is 2. The van der Waals surface area contributed by atoms with Gasteiger partial charge in [0.1, 0.15) is 11.4 Å². The van der Waals surface area contributed by atoms with E-state index in [9.17, 15) is 4.79 Å². The van der Waals surface area contributed by atoms with Crippen molar-refractivity contribution in [2.45, 2.75) is 24.9 Å². The predicted octanol–water partition coefficient (Wildman–Crippen LogP) is 4.37. The van der Waals surface area contributed by atoms with E-state index in [1.807, 2.05) is 6.20 Å². The molecule has 1 aliphatic rings. The second-order valence-corrected chi connectivity index (χ2v) is 8.35. The molecule has 0 saturated heterocycles. The monoisotopic (exact) mass is 436 g/mol. The average molecular weight is 437 g/mol. The molecule has 0 aliphatic carbocycles. The van der Waals surface area contributed by atoms with Crippen LogP contribution in [0.25, 0.3) is 0 Å². The van der Waals surface area contributed by atoms with Crippen LogP contribution < -0.4 is 10.2 Å². The number of amides is 1. The predicted molar refractivity (Wildman–Crippen MR) is 131 cm³/mol. The third-order valence-electron chi connectivity index (χ3n) is 6.51. The van der Waals surface area contributed by atoms with E-state index >= 15 is 0 Å². The zero-order valence-corrected chi connectivity index (χ0v) is 18.6. The highest BCUT2D eigenvalue weighted by atomic mass is 16.1. The van der Waals surface area contributed by atoms with Crippen LogP contribution in [0.2, 0.25) is 0 Å². The molecular weight excluding hydrogens is 408 g/mol. The zero-order chi connectivity index (χ0) is 22.5. The summed E-state index contributed by atoms with van der Waals surface area (Å²) in [7, 11) is 0. The molecule has 0 atom stereocenters. The Labute approximate surface area is 194 Å². The Morgan fingerprint density at radius 2 is 1.36 bits per heavy atom. The molecule has 3 aromatic carbocycles. The highest BCUT2D eigenvalue weighted by molar-refractivity contribution is 5.64. The molecule has 1 aromatic heterocycles. The van der Waals surface area contributed by atoms with Crippen LogP contribution in [0, 0.1) is 0 Å². The highest BCUT2D eigenvalue weighted by Gasteiger charge is 2.46. The third kappa shape index (κ3) is 3.69. The maximum absolute atomic E-state index is 10.7. The third-order valence-corrected chi connectivity index (χ3v) is 6.51. The van der Waals surface area contributed by atoms with E-state index in [1.54, 1.807) is 0 Å². The number of hydrogen-bond donors (Lipinski definition) is 1. The molecule has 1 aliphatic heterocycles. The summed E-state index contributed by atoms with van der Waals surface area (Å²) in [4.78, 5) is 13.2. The number of hydrogen-bond acceptors (Lipinski definition) is 3. The topological polar surface area (TPSA) is 50.2 Å². The van der Waals surface area contributed by atoms with Crippen LogP contribution in [0.4, 0.5) is 5.82 Å². The normalized spacial score (nSPS) is 13.0. The Kier molecular flexibility index (Phi) is 5.94. The maximum atomic E-state index is 10.7. The summed E-state index contributed by atoms with van der Waals surface area (Å²) in [6, 6.07) is 32.3. The van der Waals surface area contributed by atoms with Gasteiger partial charge in [0.2, 0.25) is 6.41 Å². The van der Waals surface area contributed by atoms with Gasteiger partial charge in [-0.15, -0.1) is 0 Å². The number of carbonyl (C=O) groups excluding carboxylic acids is 1. The minimum atomic E-state index is -0.492. The molecule has 0 unspecified atom stereocenters. The van der Waals surface area contributed by atoms with Crippen LogP contribution in [0.15, 0.2) is 97.2 Å². The van der Waals surface area contributed by atoms with Crippen LogP contribution in [-0.4, -0.2) is 29.3 Å². The molecule has 1 amide bonds. The second kappa shape index (κ2) is 9.33. The second-order valence-electron chi connectivity index (χ2n) is 8.35. The van der Waals surface area contributed by atoms with Crippen LogP contribution in [-0.2, 0) is 23.3 Å². The lowest BCUT2D eigenvalue weighted by molar-refractivity contribution is -0.109. The summed E-state index contributed by atoms with van der Waals surface area (Å²) in [6.45, 7) is 2.37. The molecule has 33 heavy (non-hydrogen) atoms. The van der Waals surface area contributed by atoms with Crippen molar-refractivity contribution in [2.24, 2.45) is 0 Å². The van der Waals surface area contributed by atoms with Gasteiger partial charge in [0.05, 0.1) is 12.7 Å². The van der Waals surface area contributed by atoms with E-state index in [1.165, 1.54) is 22.3 Å². The summed E-state index contributed by atoms with van der Waals surface area (Å²) in [6.07, 6.45) is 4.50. The van der Waals surface area contributed by atoms with E-state index < -0.39 is 5.54 Å². The molecule has 4 aromatic rings. The van der Waals surface area contributed by atoms with Crippen molar-refractivity contribution in [1.82, 2.24) is 15.1 Å². The summed E-state index contributed by atoms with van der Waals surface area (Å²) in [5, 5.41) is 7.50. The van der Waals surface area contributed by atoms with Crippen LogP contribution in [0.1, 0.15) is 28.7 Å². The first-order chi connectivity index (χ1) is 16.4. The average Bonchev–Trinajstić information content (AvgIpc) is 3.48. The Morgan fingerprint density at radius 3 is 1.88 bits per heavy atom. The van der Waals surface area contributed by atoms with Crippen molar-refractivity contribution >= 4 is 12.2 Å². The molecule has 5 heteroatoms. The zero-order valence-electron chi connectivity index (χ0n) is 18.6. The molecule has 5 rings (SSSR count). The smallest absolute Gasteiger partial charge is 0.207 e. The van der Waals surface area contributed by atoms with E-state index in [4.69, 9.17) is 5.10 Å². The number of anilines is 1. The molecular formula is C28H28N4O. The Balaban J connectivity index is 1.71. The van der Waals surface area contributed by atoms with E-state index in [-0.39, 0.29) is 0 Å². The van der Waals surface area contributed by atoms with Crippen LogP contribution >= 0.6 is 0 Å². The fraction of sp³-hybridized carbons (Fsp3) is 0.214. The molecule has 0 saturated carbocycles. The van der Waals surface area contributed by atoms with Gasteiger partial charge >= 0.3 is 0 Å². The van der Waals surface area contributed by atoms with Crippen molar-refractivity contribution in [3.05, 3.63) is 119 Å². The number of rotatable bonds is 9. The first-order valence-electron chi connectivity index (χ1n) is 11.5. The van der Waals surface area contributed by atoms with Crippen LogP contribution in [0.3, 0.4) is 0 Å². The van der Waals surface area contributed by atoms with Gasteiger partial charge in [0.15, 0.2) is 0 Å². The van der Waals surface area contributed by atoms with Gasteiger partial charge < -0.3 is 10.2 Å². The standard InChI is InChI=1S/C28H28N4O/c33-22-29-18-10-11-23-21-30-32-20-19-31(27(23)32)28(24-12-4-1-5-13-24,25-14-6-2-7-15-25)26-16-8-3-9-17-26/h1-9,12-17,21-22H,10-11,18-20H2,(H,29,33). The van der Waals surface area contributed by atoms with Crippen molar-refractivity contribution in [3.8, 4) is 0 Å². The van der Waals surface area contributed by atoms with E-state index in [0.29, 0.717) is 6.54 Å². The number of fused-ring (bicyclic) bond motifs is 1. The summed E-state index contributed by atoms with van der Waals surface area (Å²) < 4.78 is 2.13. The number of carbonyl (C=O) groups is 1. The molecule has 0 radical (unpaired) electrons. The first-order valence-corrected chi connectivity index (χ1v) is 11.5. The minimum absolute atomic E-state index is 0.492. The van der Waals surface area contributed by atoms with Gasteiger partial charge in [-0.1, -0.05) is 91.0 Å². The Bertz CT molecular complexity index is 1090. The fourth-order valence-corrected chi connectivity index (χ4v) is 5.14. The van der Waals surface area contributed by atoms with Crippen molar-refractivity contribution in [2.75, 3.05) is 18.0 Å². The van der Waals surface area contributed by atoms with Gasteiger partial charge in [-0.05, 0) is 29.5 Å². The molecule has 0 fully saturated rings. The SMILES string of the molecule is O=CNCCCc1cnn2c1N(C(c1ccccc1)(c1ccccc1)c1ccccc1)CC2. The van der Waals surface area contributed by atoms with Gasteiger partial charge in [-0.3, -0.25) is 4.79 Å². The van der Waals surface area contributed by atoms with Gasteiger partial charge in [-0.25, -0.2) is 4.68 Å². The van der Waals surface area contributed by atoms with Crippen molar-refractivity contribution in [1.29, 1.82) is 0 Å². The molecule has 0 spiro atoms. The highest BCUT2D eigenvalue weighted by Crippen LogP contribution is 2.47. The number of aryl methyl sites for hydroxylation is 1. The Hall–Kier alpha value is -3.86. The number of nitrogens with one attached hydrogen (secondary N) is 1. The lowest BCUT2D eigenvalue weighted by Gasteiger charge is -2.44. The summed E-state index contributed by atoms with van der Waals surface area (Å²) in [5.74, 6) is 1.16.